The first kappa shape index (κ1) is 9.27. The molecule has 2 heterocycles. The summed E-state index contributed by atoms with van der Waals surface area (Å²) >= 11 is 0. The first-order valence-corrected chi connectivity index (χ1v) is 5.42. The fourth-order valence-electron chi connectivity index (χ4n) is 2.28. The molecule has 0 saturated carbocycles. The van der Waals surface area contributed by atoms with Crippen molar-refractivity contribution in [2.45, 2.75) is 12.5 Å². The van der Waals surface area contributed by atoms with Crippen LogP contribution in [0.15, 0.2) is 42.3 Å². The number of anilines is 1. The number of rotatable bonds is 2. The highest BCUT2D eigenvalue weighted by Crippen LogP contribution is 2.28. The lowest BCUT2D eigenvalue weighted by Crippen LogP contribution is -2.25. The summed E-state index contributed by atoms with van der Waals surface area (Å²) < 4.78 is 0. The van der Waals surface area contributed by atoms with Crippen molar-refractivity contribution in [2.24, 2.45) is 5.92 Å². The van der Waals surface area contributed by atoms with E-state index in [0.29, 0.717) is 17.9 Å². The molecule has 0 fully saturated rings. The molecule has 1 aliphatic heterocycles. The Labute approximate surface area is 94.0 Å². The Morgan fingerprint density at radius 1 is 1.31 bits per heavy atom. The second-order valence-electron chi connectivity index (χ2n) is 4.18. The van der Waals surface area contributed by atoms with Crippen molar-refractivity contribution in [3.05, 3.63) is 48.0 Å². The normalized spacial score (nSPS) is 26.4. The fourth-order valence-corrected chi connectivity index (χ4v) is 2.28. The zero-order valence-electron chi connectivity index (χ0n) is 8.85. The van der Waals surface area contributed by atoms with E-state index in [1.807, 2.05) is 0 Å². The van der Waals surface area contributed by atoms with E-state index in [1.54, 1.807) is 6.20 Å². The van der Waals surface area contributed by atoms with E-state index in [-0.39, 0.29) is 0 Å². The smallest absolute Gasteiger partial charge is 0.197 e. The zero-order valence-corrected chi connectivity index (χ0v) is 8.85. The first-order valence-electron chi connectivity index (χ1n) is 5.42. The molecule has 2 atom stereocenters. The van der Waals surface area contributed by atoms with E-state index in [9.17, 15) is 0 Å². The number of nitrogen functional groups attached to an aromatic ring is 1. The molecule has 1 aromatic rings. The van der Waals surface area contributed by atoms with Crippen molar-refractivity contribution in [2.75, 3.05) is 5.73 Å². The summed E-state index contributed by atoms with van der Waals surface area (Å²) in [4.78, 5) is 7.06. The monoisotopic (exact) mass is 214 g/mol. The molecule has 16 heavy (non-hydrogen) atoms. The SMILES string of the molecule is Nc1ncc(CC2=CNC3C=CC=CC23)[nH]1. The minimum atomic E-state index is 0.417. The van der Waals surface area contributed by atoms with Gasteiger partial charge >= 0.3 is 0 Å². The van der Waals surface area contributed by atoms with E-state index < -0.39 is 0 Å². The molecule has 82 valence electrons. The van der Waals surface area contributed by atoms with Crippen LogP contribution in [-0.4, -0.2) is 16.0 Å². The highest BCUT2D eigenvalue weighted by Gasteiger charge is 2.26. The maximum Gasteiger partial charge on any atom is 0.197 e. The van der Waals surface area contributed by atoms with Gasteiger partial charge in [-0.3, -0.25) is 0 Å². The molecule has 2 aliphatic rings. The van der Waals surface area contributed by atoms with E-state index in [0.717, 1.165) is 12.1 Å². The van der Waals surface area contributed by atoms with Crippen LogP contribution in [0, 0.1) is 5.92 Å². The average molecular weight is 214 g/mol. The molecule has 3 rings (SSSR count). The molecular weight excluding hydrogens is 200 g/mol. The number of nitrogens with one attached hydrogen (secondary N) is 2. The van der Waals surface area contributed by atoms with Gasteiger partial charge in [-0.15, -0.1) is 0 Å². The van der Waals surface area contributed by atoms with Crippen LogP contribution in [0.5, 0.6) is 0 Å². The van der Waals surface area contributed by atoms with Gasteiger partial charge in [0.15, 0.2) is 5.95 Å². The molecule has 0 spiro atoms. The number of hydrogen-bond donors (Lipinski definition) is 3. The predicted molar refractivity (Wildman–Crippen MR) is 63.5 cm³/mol. The first-order chi connectivity index (χ1) is 7.83. The van der Waals surface area contributed by atoms with Crippen molar-refractivity contribution in [3.8, 4) is 0 Å². The molecule has 0 saturated heterocycles. The number of aromatic nitrogens is 2. The van der Waals surface area contributed by atoms with E-state index in [4.69, 9.17) is 5.73 Å². The van der Waals surface area contributed by atoms with Gasteiger partial charge in [0.1, 0.15) is 0 Å². The zero-order chi connectivity index (χ0) is 11.0. The maximum absolute atomic E-state index is 5.56. The van der Waals surface area contributed by atoms with E-state index in [1.165, 1.54) is 5.57 Å². The second-order valence-corrected chi connectivity index (χ2v) is 4.18. The third-order valence-electron chi connectivity index (χ3n) is 3.07. The van der Waals surface area contributed by atoms with Crippen molar-refractivity contribution in [3.63, 3.8) is 0 Å². The Hall–Kier alpha value is -1.97. The van der Waals surface area contributed by atoms with Gasteiger partial charge in [0, 0.05) is 18.0 Å². The molecule has 1 aliphatic carbocycles. The Kier molecular flexibility index (Phi) is 2.06. The molecule has 1 aromatic heterocycles. The summed E-state index contributed by atoms with van der Waals surface area (Å²) in [6.45, 7) is 0. The lowest BCUT2D eigenvalue weighted by Gasteiger charge is -2.18. The van der Waals surface area contributed by atoms with Gasteiger partial charge in [0.25, 0.3) is 0 Å². The molecular formula is C12H14N4. The van der Waals surface area contributed by atoms with Gasteiger partial charge in [0.2, 0.25) is 0 Å². The predicted octanol–water partition coefficient (Wildman–Crippen LogP) is 1.13. The molecule has 2 unspecified atom stereocenters. The van der Waals surface area contributed by atoms with Gasteiger partial charge in [0.05, 0.1) is 12.2 Å². The number of H-pyrrole nitrogens is 1. The number of aromatic amines is 1. The molecule has 0 bridgehead atoms. The summed E-state index contributed by atoms with van der Waals surface area (Å²) in [7, 11) is 0. The molecule has 4 nitrogen and oxygen atoms in total. The number of fused-ring (bicyclic) bond motifs is 1. The van der Waals surface area contributed by atoms with Crippen molar-refractivity contribution in [1.29, 1.82) is 0 Å². The number of hydrogen-bond acceptors (Lipinski definition) is 3. The quantitative estimate of drug-likeness (QED) is 0.691. The number of nitrogens with zero attached hydrogens (tertiary/aromatic N) is 1. The molecule has 4 N–H and O–H groups in total. The van der Waals surface area contributed by atoms with Gasteiger partial charge in [-0.1, -0.05) is 24.3 Å². The third-order valence-corrected chi connectivity index (χ3v) is 3.07. The van der Waals surface area contributed by atoms with Crippen LogP contribution in [0.4, 0.5) is 5.95 Å². The van der Waals surface area contributed by atoms with Crippen LogP contribution in [0.25, 0.3) is 0 Å². The van der Waals surface area contributed by atoms with Crippen LogP contribution in [-0.2, 0) is 6.42 Å². The van der Waals surface area contributed by atoms with Gasteiger partial charge in [-0.05, 0) is 11.8 Å². The Morgan fingerprint density at radius 3 is 3.00 bits per heavy atom. The Balaban J connectivity index is 1.77. The van der Waals surface area contributed by atoms with Crippen molar-refractivity contribution >= 4 is 5.95 Å². The van der Waals surface area contributed by atoms with Gasteiger partial charge in [-0.25, -0.2) is 4.98 Å². The van der Waals surface area contributed by atoms with Crippen LogP contribution in [0.2, 0.25) is 0 Å². The molecule has 4 heteroatoms. The summed E-state index contributed by atoms with van der Waals surface area (Å²) in [6, 6.07) is 0.417. The topological polar surface area (TPSA) is 66.7 Å². The third kappa shape index (κ3) is 1.52. The summed E-state index contributed by atoms with van der Waals surface area (Å²) in [6.07, 6.45) is 13.4. The second kappa shape index (κ2) is 3.56. The largest absolute Gasteiger partial charge is 0.384 e. The average Bonchev–Trinajstić information content (AvgIpc) is 2.87. The number of nitrogens with two attached hydrogens (primary N) is 1. The summed E-state index contributed by atoms with van der Waals surface area (Å²) in [5.41, 5.74) is 7.99. The van der Waals surface area contributed by atoms with E-state index >= 15 is 0 Å². The molecule has 0 amide bonds. The summed E-state index contributed by atoms with van der Waals surface area (Å²) in [5.74, 6) is 0.951. The number of imidazole rings is 1. The maximum atomic E-state index is 5.56. The van der Waals surface area contributed by atoms with Crippen LogP contribution in [0.1, 0.15) is 5.69 Å². The standard InChI is InChI=1S/C12H14N4/c13-12-15-7-9(16-12)5-8-6-14-11-4-2-1-3-10(8)11/h1-4,6-7,10-11,14H,5H2,(H3,13,15,16). The molecule has 0 radical (unpaired) electrons. The van der Waals surface area contributed by atoms with E-state index in [2.05, 4.69) is 45.8 Å². The van der Waals surface area contributed by atoms with Gasteiger partial charge in [-0.2, -0.15) is 0 Å². The Morgan fingerprint density at radius 2 is 2.19 bits per heavy atom. The molecule has 0 aromatic carbocycles. The minimum Gasteiger partial charge on any atom is -0.384 e. The van der Waals surface area contributed by atoms with Crippen molar-refractivity contribution in [1.82, 2.24) is 15.3 Å². The lowest BCUT2D eigenvalue weighted by molar-refractivity contribution is 0.624. The Bertz CT molecular complexity index is 481. The van der Waals surface area contributed by atoms with Crippen LogP contribution >= 0.6 is 0 Å². The minimum absolute atomic E-state index is 0.417. The van der Waals surface area contributed by atoms with Crippen molar-refractivity contribution < 1.29 is 0 Å². The number of allylic oxidation sites excluding steroid dienone is 2. The van der Waals surface area contributed by atoms with Gasteiger partial charge < -0.3 is 16.0 Å². The van der Waals surface area contributed by atoms with Crippen LogP contribution in [0.3, 0.4) is 0 Å². The fraction of sp³-hybridized carbons (Fsp3) is 0.250. The summed E-state index contributed by atoms with van der Waals surface area (Å²) in [5, 5.41) is 3.37. The van der Waals surface area contributed by atoms with Crippen LogP contribution < -0.4 is 11.1 Å². The highest BCUT2D eigenvalue weighted by atomic mass is 15.0. The highest BCUT2D eigenvalue weighted by molar-refractivity contribution is 5.34. The lowest BCUT2D eigenvalue weighted by atomic mass is 9.89.